The summed E-state index contributed by atoms with van der Waals surface area (Å²) in [5.74, 6) is -5.91. The SMILES string of the molecule is CC(C)(C)[S+](c1ccc(OS(=O)(=O)[N-]S(=O)(=O)C(F)(F)C(F)(F)CO)cc1)C(C)(C)C. The molecule has 31 heavy (non-hydrogen) atoms. The molecule has 1 N–H and O–H groups in total. The fourth-order valence-electron chi connectivity index (χ4n) is 2.84. The van der Waals surface area contributed by atoms with Crippen molar-refractivity contribution in [3.63, 3.8) is 0 Å². The number of aliphatic hydroxyl groups excluding tert-OH is 1. The molecular formula is C17H25F4NO6S3. The molecule has 0 aromatic heterocycles. The van der Waals surface area contributed by atoms with Crippen LogP contribution >= 0.6 is 0 Å². The van der Waals surface area contributed by atoms with Gasteiger partial charge in [-0.2, -0.15) is 17.6 Å². The predicted octanol–water partition coefficient (Wildman–Crippen LogP) is 3.81. The van der Waals surface area contributed by atoms with Crippen LogP contribution in [0.5, 0.6) is 5.75 Å². The Morgan fingerprint density at radius 1 is 0.903 bits per heavy atom. The molecule has 0 aliphatic carbocycles. The third kappa shape index (κ3) is 6.46. The Labute approximate surface area is 182 Å². The summed E-state index contributed by atoms with van der Waals surface area (Å²) in [6.45, 7) is 9.64. The van der Waals surface area contributed by atoms with Gasteiger partial charge in [-0.05, 0) is 65.8 Å². The van der Waals surface area contributed by atoms with E-state index in [1.807, 2.05) is 45.7 Å². The van der Waals surface area contributed by atoms with Crippen molar-refractivity contribution >= 4 is 31.2 Å². The van der Waals surface area contributed by atoms with Crippen molar-refractivity contribution in [3.05, 3.63) is 28.4 Å². The van der Waals surface area contributed by atoms with Crippen molar-refractivity contribution in [1.29, 1.82) is 0 Å². The zero-order valence-electron chi connectivity index (χ0n) is 17.7. The molecule has 0 amide bonds. The van der Waals surface area contributed by atoms with Crippen molar-refractivity contribution in [2.45, 2.75) is 67.1 Å². The summed E-state index contributed by atoms with van der Waals surface area (Å²) >= 11 is 0. The molecule has 1 aromatic rings. The van der Waals surface area contributed by atoms with Gasteiger partial charge in [0.05, 0.1) is 0 Å². The maximum atomic E-state index is 13.5. The molecule has 0 heterocycles. The van der Waals surface area contributed by atoms with E-state index in [9.17, 15) is 34.4 Å². The van der Waals surface area contributed by atoms with E-state index in [4.69, 9.17) is 5.11 Å². The third-order valence-corrected chi connectivity index (χ3v) is 9.68. The summed E-state index contributed by atoms with van der Waals surface area (Å²) in [5.41, 5.74) is 0. The van der Waals surface area contributed by atoms with Gasteiger partial charge in [0.1, 0.15) is 21.9 Å². The second-order valence-electron chi connectivity index (χ2n) is 8.44. The Kier molecular flexibility index (Phi) is 7.83. The third-order valence-electron chi connectivity index (χ3n) is 3.62. The predicted molar refractivity (Wildman–Crippen MR) is 110 cm³/mol. The Morgan fingerprint density at radius 2 is 1.32 bits per heavy atom. The minimum Gasteiger partial charge on any atom is -0.396 e. The number of sulfonamides is 1. The minimum atomic E-state index is -6.60. The van der Waals surface area contributed by atoms with E-state index in [2.05, 4.69) is 4.18 Å². The number of rotatable bonds is 8. The van der Waals surface area contributed by atoms with Crippen molar-refractivity contribution in [3.8, 4) is 5.75 Å². The number of halogens is 4. The molecule has 14 heteroatoms. The van der Waals surface area contributed by atoms with Crippen molar-refractivity contribution in [1.82, 2.24) is 0 Å². The lowest BCUT2D eigenvalue weighted by atomic mass is 10.2. The van der Waals surface area contributed by atoms with Crippen LogP contribution in [0.25, 0.3) is 4.13 Å². The molecule has 0 fully saturated rings. The van der Waals surface area contributed by atoms with E-state index in [1.165, 1.54) is 24.3 Å². The maximum absolute atomic E-state index is 13.5. The van der Waals surface area contributed by atoms with E-state index in [0.717, 1.165) is 4.90 Å². The largest absolute Gasteiger partial charge is 0.396 e. The second-order valence-corrected chi connectivity index (χ2v) is 15.1. The van der Waals surface area contributed by atoms with E-state index in [1.54, 1.807) is 0 Å². The van der Waals surface area contributed by atoms with Gasteiger partial charge in [-0.15, -0.1) is 0 Å². The molecule has 0 saturated heterocycles. The highest BCUT2D eigenvalue weighted by Gasteiger charge is 2.62. The number of nitrogens with zero attached hydrogens (tertiary/aromatic N) is 1. The Bertz CT molecular complexity index is 968. The molecule has 1 aromatic carbocycles. The van der Waals surface area contributed by atoms with Crippen LogP contribution in [0, 0.1) is 0 Å². The van der Waals surface area contributed by atoms with Crippen molar-refractivity contribution < 1.29 is 43.7 Å². The number of benzene rings is 1. The number of aliphatic hydroxyl groups is 1. The molecule has 1 rings (SSSR count). The van der Waals surface area contributed by atoms with Gasteiger partial charge >= 0.3 is 11.2 Å². The molecule has 7 nitrogen and oxygen atoms in total. The lowest BCUT2D eigenvalue weighted by Crippen LogP contribution is -2.49. The van der Waals surface area contributed by atoms with Crippen LogP contribution in [0.15, 0.2) is 29.2 Å². The smallest absolute Gasteiger partial charge is 0.394 e. The summed E-state index contributed by atoms with van der Waals surface area (Å²) in [4.78, 5) is 0.837. The molecule has 0 bridgehead atoms. The van der Waals surface area contributed by atoms with Gasteiger partial charge in [0.2, 0.25) is 10.3 Å². The molecule has 0 saturated carbocycles. The average Bonchev–Trinajstić information content (AvgIpc) is 2.52. The Balaban J connectivity index is 3.16. The number of hydrogen-bond donors (Lipinski definition) is 1. The summed E-state index contributed by atoms with van der Waals surface area (Å²) in [6, 6.07) is 5.42. The molecule has 0 spiro atoms. The van der Waals surface area contributed by atoms with E-state index in [0.29, 0.717) is 0 Å². The summed E-state index contributed by atoms with van der Waals surface area (Å²) < 4.78 is 106. The van der Waals surface area contributed by atoms with Gasteiger partial charge in [-0.1, -0.05) is 0 Å². The lowest BCUT2D eigenvalue weighted by Gasteiger charge is -2.31. The molecule has 0 aliphatic rings. The van der Waals surface area contributed by atoms with Crippen LogP contribution < -0.4 is 4.18 Å². The zero-order chi connectivity index (χ0) is 24.7. The summed E-state index contributed by atoms with van der Waals surface area (Å²) in [5, 5.41) is 2.33. The quantitative estimate of drug-likeness (QED) is 0.420. The molecule has 0 unspecified atom stereocenters. The first kappa shape index (κ1) is 27.9. The number of alkyl halides is 4. The van der Waals surface area contributed by atoms with E-state index < -0.39 is 43.9 Å². The maximum Gasteiger partial charge on any atom is 0.394 e. The van der Waals surface area contributed by atoms with Crippen LogP contribution in [0.2, 0.25) is 0 Å². The minimum absolute atomic E-state index is 0.153. The standard InChI is InChI=1S/C17H25F4NO6S3/c1-14(2,3)29(15(4,5)6)13-9-7-12(8-10-13)28-31(26,27)22-30(24,25)17(20,21)16(18,19)11-23/h7-10,23H,11H2,1-6H3. The van der Waals surface area contributed by atoms with Gasteiger partial charge in [-0.3, -0.25) is 0 Å². The van der Waals surface area contributed by atoms with E-state index in [-0.39, 0.29) is 20.4 Å². The molecule has 0 radical (unpaired) electrons. The Hall–Kier alpha value is -1.09. The summed E-state index contributed by atoms with van der Waals surface area (Å²) in [7, 11) is -12.5. The van der Waals surface area contributed by atoms with Gasteiger partial charge in [0.25, 0.3) is 0 Å². The second kappa shape index (κ2) is 8.69. The lowest BCUT2D eigenvalue weighted by molar-refractivity contribution is -0.177. The summed E-state index contributed by atoms with van der Waals surface area (Å²) in [6.07, 6.45) is 0. The Morgan fingerprint density at radius 3 is 1.68 bits per heavy atom. The van der Waals surface area contributed by atoms with Gasteiger partial charge < -0.3 is 13.4 Å². The monoisotopic (exact) mass is 511 g/mol. The van der Waals surface area contributed by atoms with Crippen LogP contribution in [-0.4, -0.2) is 49.2 Å². The van der Waals surface area contributed by atoms with Crippen LogP contribution in [0.3, 0.4) is 0 Å². The highest BCUT2D eigenvalue weighted by atomic mass is 32.3. The first-order valence-corrected chi connectivity index (χ1v) is 12.7. The zero-order valence-corrected chi connectivity index (χ0v) is 20.1. The average molecular weight is 512 g/mol. The van der Waals surface area contributed by atoms with Crippen molar-refractivity contribution in [2.24, 2.45) is 0 Å². The highest BCUT2D eigenvalue weighted by molar-refractivity contribution is 8.11. The first-order valence-electron chi connectivity index (χ1n) is 8.72. The van der Waals surface area contributed by atoms with E-state index >= 15 is 0 Å². The van der Waals surface area contributed by atoms with Crippen LogP contribution in [0.4, 0.5) is 17.6 Å². The molecular weight excluding hydrogens is 486 g/mol. The fourth-order valence-corrected chi connectivity index (χ4v) is 8.75. The molecule has 0 aliphatic heterocycles. The first-order chi connectivity index (χ1) is 13.6. The van der Waals surface area contributed by atoms with Gasteiger partial charge in [0, 0.05) is 10.9 Å². The normalized spacial score (nSPS) is 14.7. The number of hydrogen-bond acceptors (Lipinski definition) is 6. The van der Waals surface area contributed by atoms with Gasteiger partial charge in [0.15, 0.2) is 14.9 Å². The molecule has 180 valence electrons. The topological polar surface area (TPSA) is 112 Å². The fraction of sp³-hybridized carbons (Fsp3) is 0.647. The molecule has 0 atom stereocenters. The highest BCUT2D eigenvalue weighted by Crippen LogP contribution is 2.42. The van der Waals surface area contributed by atoms with Crippen LogP contribution in [0.1, 0.15) is 41.5 Å². The van der Waals surface area contributed by atoms with Crippen molar-refractivity contribution in [2.75, 3.05) is 6.61 Å². The van der Waals surface area contributed by atoms with Crippen LogP contribution in [-0.2, 0) is 31.2 Å². The van der Waals surface area contributed by atoms with Gasteiger partial charge in [-0.25, -0.2) is 16.8 Å².